The molecule has 1 spiro atoms. The second-order valence-electron chi connectivity index (χ2n) is 34.5. The standard InChI is InChI=1S/C108H96N4/c1-67-24-14-13-21-58-105(6,7)95-63-80(45-53-86(67)95)73-37-40-77(41-38-73)103-110-102(76-29-17-12-18-30-76)111-104(112-103)78-43-49-84(50-44-78)107(10)59-57-91-88-54-46-81(64-96(88)106(8,9)99(91)66-107)82-47-55-90-89-51-35-72(61-97(89)108(98(90)65-82)94-34-20-19-32-87(94)92-33-23-26-69(3)101(92)108)36-56-100(83-48-52-85(70(4)60-83)74-27-15-11-16-28-74)109-71(5)79-42-39-75-31-22-25-68(2)93(75)62-79/h11-24,27-35,37-57,62-68,70,72H,3,25-26,36,58-61H2,1-2,4-10H3/b21-13-,24-14-,100-56-,109-71+. The van der Waals surface area contributed by atoms with E-state index in [1.165, 1.54) is 145 Å². The molecule has 0 saturated heterocycles. The normalized spacial score (nSPS) is 23.4. The number of rotatable bonds is 12. The summed E-state index contributed by atoms with van der Waals surface area (Å²) in [6, 6.07) is 77.1. The molecule has 0 bridgehead atoms. The molecule has 9 aliphatic rings. The summed E-state index contributed by atoms with van der Waals surface area (Å²) >= 11 is 0. The van der Waals surface area contributed by atoms with Gasteiger partial charge in [-0.25, -0.2) is 15.0 Å². The number of hydrogen-bond donors (Lipinski definition) is 0. The highest BCUT2D eigenvalue weighted by Gasteiger charge is 2.55. The molecule has 548 valence electrons. The highest BCUT2D eigenvalue weighted by atomic mass is 15.0. The quantitative estimate of drug-likeness (QED) is 0.115. The van der Waals surface area contributed by atoms with Crippen LogP contribution in [-0.4, -0.2) is 20.7 Å². The molecule has 0 N–H and O–H groups in total. The summed E-state index contributed by atoms with van der Waals surface area (Å²) in [5.41, 5.74) is 38.4. The first-order chi connectivity index (χ1) is 54.4. The highest BCUT2D eigenvalue weighted by molar-refractivity contribution is 6.02. The molecule has 1 aromatic heterocycles. The molecule has 0 amide bonds. The Labute approximate surface area is 662 Å². The van der Waals surface area contributed by atoms with Gasteiger partial charge < -0.3 is 0 Å². The van der Waals surface area contributed by atoms with Crippen LogP contribution in [0.3, 0.4) is 0 Å². The lowest BCUT2D eigenvalue weighted by Crippen LogP contribution is -2.31. The lowest BCUT2D eigenvalue weighted by Gasteiger charge is -2.38. The Morgan fingerprint density at radius 2 is 1.17 bits per heavy atom. The van der Waals surface area contributed by atoms with E-state index in [0.717, 1.165) is 73.0 Å². The van der Waals surface area contributed by atoms with Gasteiger partial charge in [-0.2, -0.15) is 0 Å². The monoisotopic (exact) mass is 1450 g/mol. The van der Waals surface area contributed by atoms with Gasteiger partial charge in [-0.1, -0.05) is 341 Å². The van der Waals surface area contributed by atoms with Gasteiger partial charge in [0.1, 0.15) is 0 Å². The van der Waals surface area contributed by atoms with Crippen LogP contribution in [0, 0.1) is 11.8 Å². The molecule has 10 aromatic rings. The van der Waals surface area contributed by atoms with Gasteiger partial charge in [-0.3, -0.25) is 4.99 Å². The summed E-state index contributed by atoms with van der Waals surface area (Å²) in [4.78, 5) is 21.3. The van der Waals surface area contributed by atoms with Gasteiger partial charge in [-0.15, -0.1) is 0 Å². The van der Waals surface area contributed by atoms with Crippen molar-refractivity contribution in [1.82, 2.24) is 15.0 Å². The van der Waals surface area contributed by atoms with Crippen molar-refractivity contribution in [2.45, 2.75) is 141 Å². The van der Waals surface area contributed by atoms with Crippen LogP contribution in [-0.2, 0) is 21.7 Å². The van der Waals surface area contributed by atoms with Crippen LogP contribution in [0.25, 0.3) is 84.8 Å². The first-order valence-electron chi connectivity index (χ1n) is 40.8. The number of allylic oxidation sites excluding steroid dienone is 23. The minimum Gasteiger partial charge on any atom is -0.253 e. The van der Waals surface area contributed by atoms with E-state index in [9.17, 15) is 0 Å². The van der Waals surface area contributed by atoms with Crippen molar-refractivity contribution in [3.63, 3.8) is 0 Å². The molecule has 19 rings (SSSR count). The fourth-order valence-electron chi connectivity index (χ4n) is 20.1. The van der Waals surface area contributed by atoms with Crippen LogP contribution < -0.4 is 0 Å². The molecule has 0 saturated carbocycles. The topological polar surface area (TPSA) is 51.0 Å². The second kappa shape index (κ2) is 27.6. The van der Waals surface area contributed by atoms with Crippen LogP contribution in [0.4, 0.5) is 0 Å². The number of fused-ring (bicyclic) bond motifs is 13. The molecule has 1 heterocycles. The van der Waals surface area contributed by atoms with Crippen LogP contribution in [0.1, 0.15) is 191 Å². The summed E-state index contributed by atoms with van der Waals surface area (Å²) < 4.78 is 0. The average molecular weight is 1450 g/mol. The molecule has 0 radical (unpaired) electrons. The van der Waals surface area contributed by atoms with Gasteiger partial charge >= 0.3 is 0 Å². The minimum absolute atomic E-state index is 0.00444. The third-order valence-corrected chi connectivity index (χ3v) is 26.4. The minimum atomic E-state index is -0.496. The Balaban J connectivity index is 0.622. The predicted molar refractivity (Wildman–Crippen MR) is 470 cm³/mol. The molecule has 9 aromatic carbocycles. The van der Waals surface area contributed by atoms with E-state index in [1.54, 1.807) is 0 Å². The number of nitrogens with zero attached hydrogens (tertiary/aromatic N) is 4. The first-order valence-corrected chi connectivity index (χ1v) is 40.8. The molecule has 4 heteroatoms. The number of hydrogen-bond acceptors (Lipinski definition) is 4. The summed E-state index contributed by atoms with van der Waals surface area (Å²) in [6.45, 7) is 26.2. The molecule has 6 atom stereocenters. The van der Waals surface area contributed by atoms with Crippen molar-refractivity contribution in [1.29, 1.82) is 0 Å². The lowest BCUT2D eigenvalue weighted by atomic mass is 9.63. The summed E-state index contributed by atoms with van der Waals surface area (Å²) in [6.07, 6.45) is 42.1. The summed E-state index contributed by atoms with van der Waals surface area (Å²) in [5, 5.41) is 0. The number of aromatic nitrogens is 3. The maximum absolute atomic E-state index is 5.67. The number of aliphatic imine (C=N–C) groups is 1. The third kappa shape index (κ3) is 12.0. The van der Waals surface area contributed by atoms with Crippen molar-refractivity contribution in [3.8, 4) is 56.4 Å². The Morgan fingerprint density at radius 1 is 0.527 bits per heavy atom. The zero-order valence-corrected chi connectivity index (χ0v) is 66.0. The van der Waals surface area contributed by atoms with Gasteiger partial charge in [0, 0.05) is 33.2 Å². The molecule has 6 unspecified atom stereocenters. The van der Waals surface area contributed by atoms with E-state index in [2.05, 4.69) is 342 Å². The van der Waals surface area contributed by atoms with E-state index in [1.807, 2.05) is 18.2 Å². The smallest absolute Gasteiger partial charge is 0.164 e. The van der Waals surface area contributed by atoms with Gasteiger partial charge in [0.2, 0.25) is 0 Å². The van der Waals surface area contributed by atoms with E-state index < -0.39 is 5.41 Å². The lowest BCUT2D eigenvalue weighted by molar-refractivity contribution is 0.527. The van der Waals surface area contributed by atoms with Crippen molar-refractivity contribution in [2.24, 2.45) is 16.8 Å². The van der Waals surface area contributed by atoms with Crippen molar-refractivity contribution >= 4 is 34.1 Å². The Bertz CT molecular complexity index is 6030. The molecular formula is C108H96N4. The van der Waals surface area contributed by atoms with Crippen LogP contribution >= 0.6 is 0 Å². The largest absolute Gasteiger partial charge is 0.253 e. The Morgan fingerprint density at radius 3 is 1.92 bits per heavy atom. The van der Waals surface area contributed by atoms with E-state index in [4.69, 9.17) is 26.5 Å². The Hall–Kier alpha value is -11.7. The number of benzene rings is 9. The van der Waals surface area contributed by atoms with Gasteiger partial charge in [0.15, 0.2) is 17.5 Å². The van der Waals surface area contributed by atoms with Crippen LogP contribution in [0.15, 0.2) is 336 Å². The first kappa shape index (κ1) is 70.7. The summed E-state index contributed by atoms with van der Waals surface area (Å²) in [5.74, 6) is 3.35. The van der Waals surface area contributed by atoms with Crippen LogP contribution in [0.5, 0.6) is 0 Å². The molecule has 0 aliphatic heterocycles. The summed E-state index contributed by atoms with van der Waals surface area (Å²) in [7, 11) is 0. The van der Waals surface area contributed by atoms with E-state index in [0.29, 0.717) is 35.2 Å². The molecule has 9 aliphatic carbocycles. The predicted octanol–water partition coefficient (Wildman–Crippen LogP) is 27.3. The van der Waals surface area contributed by atoms with Gasteiger partial charge in [0.25, 0.3) is 0 Å². The fraction of sp³-hybridized carbons (Fsp3) is 0.222. The maximum Gasteiger partial charge on any atom is 0.164 e. The fourth-order valence-corrected chi connectivity index (χ4v) is 20.1. The van der Waals surface area contributed by atoms with Crippen LogP contribution in [0.2, 0.25) is 0 Å². The van der Waals surface area contributed by atoms with Crippen molar-refractivity contribution < 1.29 is 0 Å². The van der Waals surface area contributed by atoms with Crippen molar-refractivity contribution in [3.05, 3.63) is 404 Å². The highest BCUT2D eigenvalue weighted by Crippen LogP contribution is 2.66. The average Bonchev–Trinajstić information content (AvgIpc) is 1.50. The zero-order chi connectivity index (χ0) is 76.4. The Kier molecular flexibility index (Phi) is 17.4. The molecule has 0 fully saturated rings. The zero-order valence-electron chi connectivity index (χ0n) is 66.0. The van der Waals surface area contributed by atoms with Gasteiger partial charge in [0.05, 0.1) is 11.1 Å². The maximum atomic E-state index is 5.67. The molecular weight excluding hydrogens is 1350 g/mol. The van der Waals surface area contributed by atoms with Gasteiger partial charge in [-0.05, 0) is 244 Å². The molecule has 4 nitrogen and oxygen atoms in total. The van der Waals surface area contributed by atoms with E-state index >= 15 is 0 Å². The second-order valence-corrected chi connectivity index (χ2v) is 34.5. The van der Waals surface area contributed by atoms with E-state index in [-0.39, 0.29) is 22.2 Å². The SMILES string of the molecule is C=C1CC=CC2=C1C1(C3=C(C=CC(C/C=C(\N=C(/C)c4ccc5c(c4)C(C)CC=C5)C4=CC=C(c5ccccc5)C(C)C4)C3)c3ccc(-c4ccc5c(c4)C(C)(C)C4=CC(C)(c6ccc(-c7nc(-c8ccccc8)nc(-c8ccc(-c9ccc%10c(c9)C(C)(C)C/C=C\C=C/C%10C)cc8)n7)cc6)CC=C45)cc31)c1ccccc12. The molecule has 112 heavy (non-hydrogen) atoms. The van der Waals surface area contributed by atoms with Crippen molar-refractivity contribution in [2.75, 3.05) is 0 Å². The third-order valence-electron chi connectivity index (χ3n) is 26.4.